The molecule has 0 bridgehead atoms. The number of benzene rings is 4. The molecule has 1 saturated heterocycles. The third kappa shape index (κ3) is 23.9. The molecule has 1 saturated carbocycles. The molecule has 0 unspecified atom stereocenters. The molecule has 2 fully saturated rings. The molecule has 1 aliphatic carbocycles. The van der Waals surface area contributed by atoms with Crippen LogP contribution in [-0.4, -0.2) is 179 Å². The summed E-state index contributed by atoms with van der Waals surface area (Å²) >= 11 is 0. The first-order valence-electron chi connectivity index (χ1n) is 37.9. The van der Waals surface area contributed by atoms with Crippen molar-refractivity contribution in [3.05, 3.63) is 217 Å². The number of amides is 4. The summed E-state index contributed by atoms with van der Waals surface area (Å²) in [5.74, 6) is 6.25. The van der Waals surface area contributed by atoms with Crippen molar-refractivity contribution in [3.8, 4) is 23.3 Å². The Hall–Kier alpha value is -13.8. The lowest BCUT2D eigenvalue weighted by Crippen LogP contribution is -2.33. The average molecular weight is 1540 g/mol. The normalized spacial score (nSPS) is 12.4. The molecule has 592 valence electrons. The van der Waals surface area contributed by atoms with Gasteiger partial charge in [0, 0.05) is 116 Å². The van der Waals surface area contributed by atoms with Crippen molar-refractivity contribution >= 4 is 94.0 Å². The number of nitrogens with two attached hydrogens (primary N) is 4. The van der Waals surface area contributed by atoms with Gasteiger partial charge in [0.05, 0.1) is 0 Å². The van der Waals surface area contributed by atoms with E-state index in [-0.39, 0.29) is 47.4 Å². The van der Waals surface area contributed by atoms with Crippen molar-refractivity contribution in [2.45, 2.75) is 72.1 Å². The van der Waals surface area contributed by atoms with E-state index >= 15 is 0 Å². The van der Waals surface area contributed by atoms with Gasteiger partial charge in [-0.3, -0.25) is 19.2 Å². The Morgan fingerprint density at radius 2 is 0.789 bits per heavy atom. The summed E-state index contributed by atoms with van der Waals surface area (Å²) in [5, 5.41) is 38.6. The van der Waals surface area contributed by atoms with E-state index in [0.717, 1.165) is 94.1 Å². The van der Waals surface area contributed by atoms with Crippen LogP contribution in [0.3, 0.4) is 0 Å². The van der Waals surface area contributed by atoms with Gasteiger partial charge in [0.15, 0.2) is 23.3 Å². The predicted octanol–water partition coefficient (Wildman–Crippen LogP) is 10.2. The summed E-state index contributed by atoms with van der Waals surface area (Å²) < 4.78 is 11.2. The van der Waals surface area contributed by atoms with Crippen molar-refractivity contribution in [2.24, 2.45) is 17.8 Å². The largest absolute Gasteiger partial charge is 0.381 e. The van der Waals surface area contributed by atoms with Crippen LogP contribution >= 0.6 is 0 Å². The summed E-state index contributed by atoms with van der Waals surface area (Å²) in [7, 11) is 4.02. The predicted molar refractivity (Wildman–Crippen MR) is 440 cm³/mol. The van der Waals surface area contributed by atoms with Crippen LogP contribution in [0.2, 0.25) is 0 Å². The molecule has 15 N–H and O–H groups in total. The Bertz CT molecular complexity index is 4980. The van der Waals surface area contributed by atoms with Crippen molar-refractivity contribution in [1.29, 1.82) is 0 Å². The van der Waals surface area contributed by atoms with Crippen LogP contribution in [0, 0.1) is 17.8 Å². The molecule has 14 rings (SSSR count). The first-order valence-corrected chi connectivity index (χ1v) is 37.9. The Labute approximate surface area is 660 Å². The van der Waals surface area contributed by atoms with Crippen LogP contribution in [0.1, 0.15) is 114 Å². The molecular formula is C80H97N29O5. The van der Waals surface area contributed by atoms with E-state index in [4.69, 9.17) is 27.7 Å². The number of pyridine rings is 4. The van der Waals surface area contributed by atoms with Crippen LogP contribution in [0.15, 0.2) is 195 Å². The fourth-order valence-corrected chi connectivity index (χ4v) is 11.7. The van der Waals surface area contributed by atoms with Crippen molar-refractivity contribution in [1.82, 2.24) is 105 Å². The van der Waals surface area contributed by atoms with E-state index in [1.807, 2.05) is 104 Å². The Morgan fingerprint density at radius 3 is 1.11 bits per heavy atom. The summed E-state index contributed by atoms with van der Waals surface area (Å²) in [4.78, 5) is 87.4. The maximum absolute atomic E-state index is 12.8. The van der Waals surface area contributed by atoms with E-state index in [1.165, 1.54) is 31.6 Å². The summed E-state index contributed by atoms with van der Waals surface area (Å²) in [6.07, 6.45) is 15.1. The minimum Gasteiger partial charge on any atom is -0.381 e. The first kappa shape index (κ1) is 81.2. The molecule has 34 heteroatoms. The van der Waals surface area contributed by atoms with Gasteiger partial charge in [-0.15, -0.1) is 20.4 Å². The molecule has 8 aromatic heterocycles. The number of aromatic nitrogens is 16. The quantitative estimate of drug-likeness (QED) is 0.0186. The zero-order valence-electron chi connectivity index (χ0n) is 64.4. The lowest BCUT2D eigenvalue weighted by atomic mass is 10.0. The minimum atomic E-state index is -0.0906. The number of nitrogen functional groups attached to an aromatic ring is 4. The maximum atomic E-state index is 12.8. The molecule has 0 radical (unpaired) electrons. The van der Waals surface area contributed by atoms with Gasteiger partial charge in [-0.2, -0.15) is 38.7 Å². The van der Waals surface area contributed by atoms with E-state index in [9.17, 15) is 19.2 Å². The van der Waals surface area contributed by atoms with Gasteiger partial charge < -0.3 is 74.7 Å². The second-order valence-electron chi connectivity index (χ2n) is 27.1. The minimum absolute atomic E-state index is 0.0692. The third-order valence-corrected chi connectivity index (χ3v) is 18.2. The van der Waals surface area contributed by atoms with Crippen LogP contribution in [0.5, 0.6) is 0 Å². The smallest absolute Gasteiger partial charge is 0.253 e. The summed E-state index contributed by atoms with van der Waals surface area (Å²) in [5.41, 5.74) is 29.3. The number of anilines is 12. The SMILES string of the molecule is CCC(CC)CNC(=O)c1ccc(Nc2nc(N)n(-c3ccccn3)n2)cc1.CCCN(CC1CC1)C(=O)c1ccc(Nc2nc(N)n(-c3ccccn3)n2)cc1.CN(C)CCCNC(=O)c1ccc(Nc2nc(N)n(-c3ccccn3)n2)cc1.Nc1nc(Nc2ccc(C(=O)NCC3CCOCC3)cc2)nn1-c1ccccn1. The van der Waals surface area contributed by atoms with Gasteiger partial charge >= 0.3 is 0 Å². The van der Waals surface area contributed by atoms with Crippen LogP contribution < -0.4 is 60.2 Å². The number of carbonyl (C=O) groups excluding carboxylic acids is 4. The van der Waals surface area contributed by atoms with Gasteiger partial charge in [-0.1, -0.05) is 57.9 Å². The van der Waals surface area contributed by atoms with Crippen molar-refractivity contribution < 1.29 is 23.9 Å². The molecule has 114 heavy (non-hydrogen) atoms. The lowest BCUT2D eigenvalue weighted by molar-refractivity contribution is 0.0642. The Morgan fingerprint density at radius 1 is 0.439 bits per heavy atom. The molecule has 1 aliphatic heterocycles. The standard InChI is InChI=1S/C21H25N7O.C20H23N7O2.C20H25N7O.C19H24N8O/c1-2-13-27(14-15-6-7-15)19(29)16-8-10-17(11-9-16)24-21-25-20(22)28(26-21)18-5-3-4-12-23-18;21-19-25-20(26-27(19)17-3-1-2-10-22-17)24-16-6-4-15(5-7-16)18(28)23-13-14-8-11-29-12-9-14;1-3-14(4-2)13-23-18(28)15-8-10-16(11-9-15)24-20-25-19(21)27(26-20)17-7-5-6-12-22-17;1-26(2)13-5-12-22-17(28)14-7-9-15(10-8-14)23-19-24-18(20)27(25-19)16-6-3-4-11-21-16/h3-5,8-12,15H,2,6-7,13-14H2,1H3,(H3,22,24,25,26);1-7,10,14H,8-9,11-13H2,(H,23,28)(H3,21,24,25,26);5-12,14H,3-4,13H2,1-2H3,(H,23,28)(H3,21,24,25,26);3-4,6-11H,5,12-13H2,1-2H3,(H,22,28)(H3,20,23,24,25). The van der Waals surface area contributed by atoms with E-state index < -0.39 is 0 Å². The highest BCUT2D eigenvalue weighted by Gasteiger charge is 2.27. The zero-order valence-corrected chi connectivity index (χ0v) is 64.4. The second-order valence-corrected chi connectivity index (χ2v) is 27.1. The fraction of sp³-hybridized carbons (Fsp3) is 0.300. The molecule has 9 heterocycles. The first-order chi connectivity index (χ1) is 55.4. The van der Waals surface area contributed by atoms with Gasteiger partial charge in [0.25, 0.3) is 23.6 Å². The lowest BCUT2D eigenvalue weighted by Gasteiger charge is -2.22. The van der Waals surface area contributed by atoms with Gasteiger partial charge in [-0.25, -0.2) is 19.9 Å². The topological polar surface area (TPSA) is 447 Å². The molecular weight excluding hydrogens is 1450 g/mol. The van der Waals surface area contributed by atoms with Crippen LogP contribution in [0.25, 0.3) is 23.3 Å². The molecule has 2 aliphatic rings. The third-order valence-electron chi connectivity index (χ3n) is 18.2. The number of hydrogen-bond donors (Lipinski definition) is 11. The summed E-state index contributed by atoms with van der Waals surface area (Å²) in [6, 6.07) is 50.6. The van der Waals surface area contributed by atoms with Crippen molar-refractivity contribution in [3.63, 3.8) is 0 Å². The Kier molecular flexibility index (Phi) is 29.1. The Balaban J connectivity index is 0.000000150. The second kappa shape index (κ2) is 40.8. The number of ether oxygens (including phenoxy) is 1. The van der Waals surface area contributed by atoms with Crippen LogP contribution in [-0.2, 0) is 4.74 Å². The van der Waals surface area contributed by atoms with E-state index in [0.29, 0.717) is 107 Å². The highest BCUT2D eigenvalue weighted by atomic mass is 16.5. The van der Waals surface area contributed by atoms with Gasteiger partial charge in [0.1, 0.15) is 0 Å². The van der Waals surface area contributed by atoms with E-state index in [1.54, 1.807) is 110 Å². The summed E-state index contributed by atoms with van der Waals surface area (Å²) in [6.45, 7) is 12.5. The fourth-order valence-electron chi connectivity index (χ4n) is 11.7. The zero-order chi connectivity index (χ0) is 80.1. The molecule has 4 amide bonds. The molecule has 0 spiro atoms. The number of nitrogens with zero attached hydrogens (tertiary/aromatic N) is 18. The van der Waals surface area contributed by atoms with Gasteiger partial charge in [-0.05, 0) is 223 Å². The number of hydrogen-bond acceptors (Lipinski definition) is 26. The van der Waals surface area contributed by atoms with Gasteiger partial charge in [0.2, 0.25) is 47.6 Å². The van der Waals surface area contributed by atoms with Crippen molar-refractivity contribution in [2.75, 3.05) is 111 Å². The molecule has 34 nitrogen and oxygen atoms in total. The number of carbonyl (C=O) groups is 4. The number of rotatable bonds is 30. The number of nitrogens with one attached hydrogen (secondary N) is 7. The van der Waals surface area contributed by atoms with E-state index in [2.05, 4.69) is 123 Å². The highest BCUT2D eigenvalue weighted by molar-refractivity contribution is 5.96. The molecule has 12 aromatic rings. The maximum Gasteiger partial charge on any atom is 0.253 e. The molecule has 0 atom stereocenters. The molecule has 4 aromatic carbocycles. The monoisotopic (exact) mass is 1540 g/mol. The highest BCUT2D eigenvalue weighted by Crippen LogP contribution is 2.31. The average Bonchev–Trinajstić information content (AvgIpc) is 1.69. The van der Waals surface area contributed by atoms with Crippen LogP contribution in [0.4, 0.5) is 70.3 Å².